The standard InChI is InChI=1S/C15H28N4O6/c1-5-7(2)12(14(23)18-8(3)15(24)25)19-10(21)6-17-13(22)11(16)9(4)20/h7-9,11-12,20H,5-6,16H2,1-4H3,(H,17,22)(H,18,23)(H,19,21)(H,24,25). The Labute approximate surface area is 146 Å². The second kappa shape index (κ2) is 10.6. The fourth-order valence-corrected chi connectivity index (χ4v) is 1.80. The van der Waals surface area contributed by atoms with Gasteiger partial charge in [-0.2, -0.15) is 0 Å². The highest BCUT2D eigenvalue weighted by Gasteiger charge is 2.28. The van der Waals surface area contributed by atoms with Crippen LogP contribution in [0.2, 0.25) is 0 Å². The van der Waals surface area contributed by atoms with E-state index >= 15 is 0 Å². The minimum Gasteiger partial charge on any atom is -0.480 e. The van der Waals surface area contributed by atoms with Crippen LogP contribution in [-0.4, -0.2) is 64.7 Å². The van der Waals surface area contributed by atoms with Gasteiger partial charge in [-0.15, -0.1) is 0 Å². The molecule has 5 unspecified atom stereocenters. The Kier molecular flexibility index (Phi) is 9.69. The topological polar surface area (TPSA) is 171 Å². The van der Waals surface area contributed by atoms with E-state index in [1.54, 1.807) is 6.92 Å². The highest BCUT2D eigenvalue weighted by Crippen LogP contribution is 2.08. The quantitative estimate of drug-likeness (QED) is 0.260. The number of carboxylic acid groups (broad SMARTS) is 1. The molecule has 0 aliphatic rings. The van der Waals surface area contributed by atoms with Crippen molar-refractivity contribution in [3.8, 4) is 0 Å². The van der Waals surface area contributed by atoms with E-state index in [9.17, 15) is 24.3 Å². The first kappa shape index (κ1) is 22.8. The zero-order valence-corrected chi connectivity index (χ0v) is 14.9. The molecule has 10 heteroatoms. The largest absolute Gasteiger partial charge is 0.480 e. The van der Waals surface area contributed by atoms with Gasteiger partial charge in [0.15, 0.2) is 0 Å². The van der Waals surface area contributed by atoms with Gasteiger partial charge in [-0.1, -0.05) is 20.3 Å². The van der Waals surface area contributed by atoms with E-state index in [1.165, 1.54) is 13.8 Å². The average Bonchev–Trinajstić information content (AvgIpc) is 2.55. The second-order valence-electron chi connectivity index (χ2n) is 5.98. The minimum absolute atomic E-state index is 0.250. The van der Waals surface area contributed by atoms with E-state index in [-0.39, 0.29) is 5.92 Å². The summed E-state index contributed by atoms with van der Waals surface area (Å²) in [6.45, 7) is 5.79. The van der Waals surface area contributed by atoms with Crippen molar-refractivity contribution in [2.45, 2.75) is 58.3 Å². The summed E-state index contributed by atoms with van der Waals surface area (Å²) in [5, 5.41) is 25.1. The van der Waals surface area contributed by atoms with Crippen LogP contribution in [0.5, 0.6) is 0 Å². The molecular weight excluding hydrogens is 332 g/mol. The molecule has 0 fully saturated rings. The normalized spacial score (nSPS) is 16.7. The molecule has 0 aliphatic heterocycles. The van der Waals surface area contributed by atoms with E-state index in [0.29, 0.717) is 6.42 Å². The summed E-state index contributed by atoms with van der Waals surface area (Å²) in [6, 6.07) is -3.21. The molecule has 3 amide bonds. The van der Waals surface area contributed by atoms with E-state index in [2.05, 4.69) is 16.0 Å². The third-order valence-corrected chi connectivity index (χ3v) is 3.79. The Balaban J connectivity index is 4.76. The molecule has 0 spiro atoms. The molecule has 0 aromatic rings. The molecule has 0 heterocycles. The van der Waals surface area contributed by atoms with Gasteiger partial charge in [-0.05, 0) is 19.8 Å². The van der Waals surface area contributed by atoms with Gasteiger partial charge in [0.2, 0.25) is 17.7 Å². The third kappa shape index (κ3) is 7.94. The van der Waals surface area contributed by atoms with Crippen molar-refractivity contribution in [2.24, 2.45) is 11.7 Å². The number of carboxylic acids is 1. The second-order valence-corrected chi connectivity index (χ2v) is 5.98. The summed E-state index contributed by atoms with van der Waals surface area (Å²) in [6.07, 6.45) is -0.502. The van der Waals surface area contributed by atoms with Crippen LogP contribution in [0.3, 0.4) is 0 Å². The molecule has 0 aromatic heterocycles. The van der Waals surface area contributed by atoms with Gasteiger partial charge in [0.25, 0.3) is 0 Å². The number of amides is 3. The zero-order valence-electron chi connectivity index (χ0n) is 14.9. The molecule has 0 radical (unpaired) electrons. The van der Waals surface area contributed by atoms with Gasteiger partial charge in [0.1, 0.15) is 18.1 Å². The minimum atomic E-state index is -1.19. The monoisotopic (exact) mass is 360 g/mol. The molecule has 0 aliphatic carbocycles. The summed E-state index contributed by atoms with van der Waals surface area (Å²) in [5.74, 6) is -3.39. The van der Waals surface area contributed by atoms with Crippen LogP contribution in [-0.2, 0) is 19.2 Å². The van der Waals surface area contributed by atoms with E-state index < -0.39 is 54.5 Å². The van der Waals surface area contributed by atoms with Crippen molar-refractivity contribution in [2.75, 3.05) is 6.54 Å². The first-order chi connectivity index (χ1) is 11.5. The number of hydrogen-bond acceptors (Lipinski definition) is 6. The first-order valence-electron chi connectivity index (χ1n) is 8.05. The SMILES string of the molecule is CCC(C)C(NC(=O)CNC(=O)C(N)C(C)O)C(=O)NC(C)C(=O)O. The number of nitrogens with one attached hydrogen (secondary N) is 3. The molecule has 0 rings (SSSR count). The Morgan fingerprint density at radius 3 is 2.04 bits per heavy atom. The third-order valence-electron chi connectivity index (χ3n) is 3.79. The van der Waals surface area contributed by atoms with Crippen molar-refractivity contribution < 1.29 is 29.4 Å². The lowest BCUT2D eigenvalue weighted by Crippen LogP contribution is -2.55. The van der Waals surface area contributed by atoms with Crippen LogP contribution in [0.4, 0.5) is 0 Å². The molecule has 7 N–H and O–H groups in total. The van der Waals surface area contributed by atoms with Crippen molar-refractivity contribution in [3.05, 3.63) is 0 Å². The molecule has 0 saturated carbocycles. The number of hydrogen-bond donors (Lipinski definition) is 6. The van der Waals surface area contributed by atoms with Crippen LogP contribution in [0, 0.1) is 5.92 Å². The number of aliphatic carboxylic acids is 1. The number of nitrogens with two attached hydrogens (primary N) is 1. The molecule has 0 aromatic carbocycles. The number of carbonyl (C=O) groups excluding carboxylic acids is 3. The zero-order chi connectivity index (χ0) is 19.7. The summed E-state index contributed by atoms with van der Waals surface area (Å²) in [5.41, 5.74) is 5.44. The maximum atomic E-state index is 12.2. The Morgan fingerprint density at radius 1 is 1.04 bits per heavy atom. The van der Waals surface area contributed by atoms with Gasteiger partial charge >= 0.3 is 5.97 Å². The maximum Gasteiger partial charge on any atom is 0.325 e. The lowest BCUT2D eigenvalue weighted by atomic mass is 9.98. The fraction of sp³-hybridized carbons (Fsp3) is 0.733. The molecule has 10 nitrogen and oxygen atoms in total. The van der Waals surface area contributed by atoms with Gasteiger partial charge in [-0.3, -0.25) is 19.2 Å². The van der Waals surface area contributed by atoms with Gasteiger partial charge in [0, 0.05) is 0 Å². The van der Waals surface area contributed by atoms with Crippen molar-refractivity contribution in [1.82, 2.24) is 16.0 Å². The van der Waals surface area contributed by atoms with E-state index in [4.69, 9.17) is 10.8 Å². The number of aliphatic hydroxyl groups is 1. The highest BCUT2D eigenvalue weighted by molar-refractivity contribution is 5.92. The summed E-state index contributed by atoms with van der Waals surface area (Å²) in [4.78, 5) is 46.6. The van der Waals surface area contributed by atoms with Crippen LogP contribution in [0.25, 0.3) is 0 Å². The lowest BCUT2D eigenvalue weighted by molar-refractivity contribution is -0.142. The van der Waals surface area contributed by atoms with Crippen molar-refractivity contribution in [1.29, 1.82) is 0 Å². The molecule has 0 bridgehead atoms. The van der Waals surface area contributed by atoms with Crippen molar-refractivity contribution >= 4 is 23.7 Å². The Morgan fingerprint density at radius 2 is 1.60 bits per heavy atom. The molecule has 0 saturated heterocycles. The predicted octanol–water partition coefficient (Wildman–Crippen LogP) is -2.07. The van der Waals surface area contributed by atoms with Gasteiger partial charge in [-0.25, -0.2) is 0 Å². The highest BCUT2D eigenvalue weighted by atomic mass is 16.4. The lowest BCUT2D eigenvalue weighted by Gasteiger charge is -2.24. The Bertz CT molecular complexity index is 496. The van der Waals surface area contributed by atoms with Crippen LogP contribution in [0.15, 0.2) is 0 Å². The van der Waals surface area contributed by atoms with Crippen molar-refractivity contribution in [3.63, 3.8) is 0 Å². The summed E-state index contributed by atoms with van der Waals surface area (Å²) < 4.78 is 0. The van der Waals surface area contributed by atoms with Crippen LogP contribution < -0.4 is 21.7 Å². The summed E-state index contributed by atoms with van der Waals surface area (Å²) >= 11 is 0. The Hall–Kier alpha value is -2.20. The molecule has 144 valence electrons. The fourth-order valence-electron chi connectivity index (χ4n) is 1.80. The predicted molar refractivity (Wildman–Crippen MR) is 89.3 cm³/mol. The first-order valence-corrected chi connectivity index (χ1v) is 8.05. The smallest absolute Gasteiger partial charge is 0.325 e. The summed E-state index contributed by atoms with van der Waals surface area (Å²) in [7, 11) is 0. The number of rotatable bonds is 10. The van der Waals surface area contributed by atoms with Crippen LogP contribution in [0.1, 0.15) is 34.1 Å². The van der Waals surface area contributed by atoms with Crippen LogP contribution >= 0.6 is 0 Å². The van der Waals surface area contributed by atoms with Gasteiger partial charge in [0.05, 0.1) is 12.6 Å². The molecule has 5 atom stereocenters. The maximum absolute atomic E-state index is 12.2. The number of carbonyl (C=O) groups is 4. The van der Waals surface area contributed by atoms with Gasteiger partial charge < -0.3 is 31.9 Å². The average molecular weight is 360 g/mol. The van der Waals surface area contributed by atoms with E-state index in [1.807, 2.05) is 6.92 Å². The molecular formula is C15H28N4O6. The molecule has 25 heavy (non-hydrogen) atoms. The van der Waals surface area contributed by atoms with E-state index in [0.717, 1.165) is 0 Å². The number of aliphatic hydroxyl groups excluding tert-OH is 1.